The molecule has 0 aliphatic carbocycles. The van der Waals surface area contributed by atoms with Gasteiger partial charge >= 0.3 is 0 Å². The highest BCUT2D eigenvalue weighted by atomic mass is 16.5. The van der Waals surface area contributed by atoms with Crippen molar-refractivity contribution in [1.82, 2.24) is 19.9 Å². The fourth-order valence-electron chi connectivity index (χ4n) is 2.94. The van der Waals surface area contributed by atoms with Crippen molar-refractivity contribution < 1.29 is 7.59 Å². The second kappa shape index (κ2) is 6.84. The zero-order valence-corrected chi connectivity index (χ0v) is 14.6. The van der Waals surface area contributed by atoms with Gasteiger partial charge in [-0.2, -0.15) is 0 Å². The SMILES string of the molecule is COc1cnc2[nH]cc(-c3cc(N[C@H](C)c4ccccc4)ncn3)c2c1.[HH].[HH]. The molecule has 0 unspecified atom stereocenters. The van der Waals surface area contributed by atoms with Crippen LogP contribution < -0.4 is 10.1 Å². The molecule has 0 fully saturated rings. The summed E-state index contributed by atoms with van der Waals surface area (Å²) in [6.45, 7) is 2.11. The normalized spacial score (nSPS) is 12.1. The maximum absolute atomic E-state index is 5.29. The number of aromatic amines is 1. The lowest BCUT2D eigenvalue weighted by molar-refractivity contribution is 0.414. The van der Waals surface area contributed by atoms with Crippen molar-refractivity contribution in [1.29, 1.82) is 0 Å². The van der Waals surface area contributed by atoms with Crippen LogP contribution in [0.15, 0.2) is 61.2 Å². The summed E-state index contributed by atoms with van der Waals surface area (Å²) < 4.78 is 5.29. The molecule has 0 bridgehead atoms. The lowest BCUT2D eigenvalue weighted by Crippen LogP contribution is -2.08. The van der Waals surface area contributed by atoms with E-state index >= 15 is 0 Å². The summed E-state index contributed by atoms with van der Waals surface area (Å²) in [4.78, 5) is 16.3. The summed E-state index contributed by atoms with van der Waals surface area (Å²) in [6, 6.07) is 14.3. The number of nitrogens with one attached hydrogen (secondary N) is 2. The molecular formula is C20H23N5O. The van der Waals surface area contributed by atoms with Gasteiger partial charge in [0.25, 0.3) is 0 Å². The van der Waals surface area contributed by atoms with Crippen LogP contribution in [-0.2, 0) is 0 Å². The van der Waals surface area contributed by atoms with Gasteiger partial charge in [0.2, 0.25) is 0 Å². The van der Waals surface area contributed by atoms with Gasteiger partial charge in [0, 0.05) is 32.1 Å². The molecule has 0 aliphatic heterocycles. The first-order chi connectivity index (χ1) is 12.7. The van der Waals surface area contributed by atoms with Crippen molar-refractivity contribution in [3.8, 4) is 17.0 Å². The van der Waals surface area contributed by atoms with Gasteiger partial charge < -0.3 is 15.0 Å². The average molecular weight is 349 g/mol. The Hall–Kier alpha value is -3.41. The lowest BCUT2D eigenvalue weighted by atomic mass is 10.1. The van der Waals surface area contributed by atoms with E-state index in [9.17, 15) is 0 Å². The van der Waals surface area contributed by atoms with Crippen LogP contribution in [0.3, 0.4) is 0 Å². The third-order valence-corrected chi connectivity index (χ3v) is 4.35. The van der Waals surface area contributed by atoms with E-state index in [1.54, 1.807) is 19.6 Å². The quantitative estimate of drug-likeness (QED) is 0.546. The Labute approximate surface area is 154 Å². The van der Waals surface area contributed by atoms with E-state index in [0.29, 0.717) is 5.75 Å². The van der Waals surface area contributed by atoms with Gasteiger partial charge in [0.15, 0.2) is 0 Å². The number of aromatic nitrogens is 4. The Bertz CT molecular complexity index is 1040. The molecule has 0 amide bonds. The number of rotatable bonds is 5. The number of hydrogen-bond acceptors (Lipinski definition) is 5. The molecule has 1 atom stereocenters. The van der Waals surface area contributed by atoms with E-state index in [1.165, 1.54) is 5.56 Å². The summed E-state index contributed by atoms with van der Waals surface area (Å²) in [5.41, 5.74) is 3.79. The van der Waals surface area contributed by atoms with Crippen LogP contribution in [0.5, 0.6) is 5.75 Å². The number of methoxy groups -OCH3 is 1. The number of H-pyrrole nitrogens is 1. The third kappa shape index (κ3) is 3.09. The molecule has 0 radical (unpaired) electrons. The van der Waals surface area contributed by atoms with Crippen molar-refractivity contribution in [2.45, 2.75) is 13.0 Å². The molecule has 0 saturated heterocycles. The van der Waals surface area contributed by atoms with Crippen molar-refractivity contribution >= 4 is 16.9 Å². The van der Waals surface area contributed by atoms with Gasteiger partial charge in [0.05, 0.1) is 19.0 Å². The maximum atomic E-state index is 5.29. The topological polar surface area (TPSA) is 75.7 Å². The second-order valence-corrected chi connectivity index (χ2v) is 6.04. The number of hydrogen-bond donors (Lipinski definition) is 2. The monoisotopic (exact) mass is 349 g/mol. The Balaban J connectivity index is 0.00000140. The van der Waals surface area contributed by atoms with Crippen molar-refractivity contribution in [2.24, 2.45) is 0 Å². The van der Waals surface area contributed by atoms with E-state index in [0.717, 1.165) is 28.1 Å². The molecule has 0 saturated carbocycles. The zero-order valence-electron chi connectivity index (χ0n) is 14.6. The van der Waals surface area contributed by atoms with E-state index in [4.69, 9.17) is 4.74 Å². The van der Waals surface area contributed by atoms with Crippen molar-refractivity contribution in [3.63, 3.8) is 0 Å². The predicted molar refractivity (Wildman–Crippen MR) is 106 cm³/mol. The summed E-state index contributed by atoms with van der Waals surface area (Å²) in [6.07, 6.45) is 5.17. The first kappa shape index (κ1) is 16.1. The van der Waals surface area contributed by atoms with Crippen molar-refractivity contribution in [2.75, 3.05) is 12.4 Å². The van der Waals surface area contributed by atoms with Crippen molar-refractivity contribution in [3.05, 3.63) is 66.7 Å². The Morgan fingerprint density at radius 1 is 1.12 bits per heavy atom. The molecule has 6 nitrogen and oxygen atoms in total. The fraction of sp³-hybridized carbons (Fsp3) is 0.150. The van der Waals surface area contributed by atoms with Crippen LogP contribution in [0, 0.1) is 0 Å². The Morgan fingerprint density at radius 2 is 1.96 bits per heavy atom. The highest BCUT2D eigenvalue weighted by Gasteiger charge is 2.12. The number of fused-ring (bicyclic) bond motifs is 1. The largest absolute Gasteiger partial charge is 0.495 e. The van der Waals surface area contributed by atoms with Crippen LogP contribution >= 0.6 is 0 Å². The molecule has 3 heterocycles. The molecule has 0 spiro atoms. The summed E-state index contributed by atoms with van der Waals surface area (Å²) in [5.74, 6) is 1.49. The number of ether oxygens (including phenoxy) is 1. The van der Waals surface area contributed by atoms with Crippen LogP contribution in [0.2, 0.25) is 0 Å². The minimum Gasteiger partial charge on any atom is -0.495 e. The van der Waals surface area contributed by atoms with Gasteiger partial charge in [-0.05, 0) is 18.6 Å². The first-order valence-corrected chi connectivity index (χ1v) is 8.39. The molecule has 3 aromatic heterocycles. The van der Waals surface area contributed by atoms with Crippen LogP contribution in [0.1, 0.15) is 21.4 Å². The number of pyridine rings is 1. The zero-order chi connectivity index (χ0) is 17.9. The minimum absolute atomic E-state index is 0. The van der Waals surface area contributed by atoms with E-state index < -0.39 is 0 Å². The van der Waals surface area contributed by atoms with Gasteiger partial charge in [-0.1, -0.05) is 30.3 Å². The molecule has 4 aromatic rings. The molecule has 4 rings (SSSR count). The van der Waals surface area contributed by atoms with Gasteiger partial charge in [0.1, 0.15) is 23.5 Å². The number of nitrogens with zero attached hydrogens (tertiary/aromatic N) is 3. The Morgan fingerprint density at radius 3 is 2.77 bits per heavy atom. The van der Waals surface area contributed by atoms with E-state index in [1.807, 2.05) is 36.5 Å². The number of anilines is 1. The smallest absolute Gasteiger partial charge is 0.138 e. The molecule has 1 aromatic carbocycles. The van der Waals surface area contributed by atoms with Crippen LogP contribution in [0.25, 0.3) is 22.3 Å². The molecule has 26 heavy (non-hydrogen) atoms. The minimum atomic E-state index is 0. The first-order valence-electron chi connectivity index (χ1n) is 8.39. The lowest BCUT2D eigenvalue weighted by Gasteiger charge is -2.15. The van der Waals surface area contributed by atoms with Crippen LogP contribution in [-0.4, -0.2) is 27.0 Å². The molecule has 6 heteroatoms. The van der Waals surface area contributed by atoms with Gasteiger partial charge in [-0.25, -0.2) is 15.0 Å². The predicted octanol–water partition coefficient (Wildman–Crippen LogP) is 4.69. The Kier molecular flexibility index (Phi) is 4.23. The standard InChI is InChI=1S/C20H19N5O.2H2/c1-13(14-6-4-3-5-7-14)25-19-9-18(23-12-24-19)17-11-22-20-16(17)8-15(26-2)10-21-20;;/h3-13H,1-2H3,(H,21,22)(H,23,24,25);2*1H/t13-;;/m1../s1. The number of benzene rings is 1. The van der Waals surface area contributed by atoms with Gasteiger partial charge in [-0.15, -0.1) is 0 Å². The molecular weight excluding hydrogens is 326 g/mol. The van der Waals surface area contributed by atoms with E-state index in [-0.39, 0.29) is 8.90 Å². The van der Waals surface area contributed by atoms with Crippen LogP contribution in [0.4, 0.5) is 5.82 Å². The maximum Gasteiger partial charge on any atom is 0.138 e. The molecule has 0 aliphatic rings. The summed E-state index contributed by atoms with van der Waals surface area (Å²) >= 11 is 0. The highest BCUT2D eigenvalue weighted by molar-refractivity contribution is 5.93. The molecule has 2 N–H and O–H groups in total. The third-order valence-electron chi connectivity index (χ3n) is 4.35. The summed E-state index contributed by atoms with van der Waals surface area (Å²) in [7, 11) is 1.63. The summed E-state index contributed by atoms with van der Waals surface area (Å²) in [5, 5.41) is 4.39. The average Bonchev–Trinajstić information content (AvgIpc) is 3.12. The van der Waals surface area contributed by atoms with E-state index in [2.05, 4.69) is 44.3 Å². The second-order valence-electron chi connectivity index (χ2n) is 6.04. The molecule has 134 valence electrons. The highest BCUT2D eigenvalue weighted by Crippen LogP contribution is 2.30. The van der Waals surface area contributed by atoms with Gasteiger partial charge in [-0.3, -0.25) is 0 Å². The fourth-order valence-corrected chi connectivity index (χ4v) is 2.94.